The summed E-state index contributed by atoms with van der Waals surface area (Å²) in [6.45, 7) is 2.28. The summed E-state index contributed by atoms with van der Waals surface area (Å²) in [5.41, 5.74) is 0. The monoisotopic (exact) mass is 456 g/mol. The lowest BCUT2D eigenvalue weighted by Gasteiger charge is -2.09. The van der Waals surface area contributed by atoms with Gasteiger partial charge in [0.05, 0.1) is 6.10 Å². The van der Waals surface area contributed by atoms with Crippen molar-refractivity contribution >= 4 is 18.6 Å². The number of phosphoric acid groups is 1. The highest BCUT2D eigenvalue weighted by atomic mass is 32.2. The predicted octanol–water partition coefficient (Wildman–Crippen LogP) is 5.20. The zero-order valence-electron chi connectivity index (χ0n) is 18.3. The Morgan fingerprint density at radius 2 is 1.14 bits per heavy atom. The van der Waals surface area contributed by atoms with Gasteiger partial charge in [0.25, 0.3) is 0 Å². The highest BCUT2D eigenvalue weighted by molar-refractivity contribution is 7.85. The molecule has 176 valence electrons. The summed E-state index contributed by atoms with van der Waals surface area (Å²) in [7, 11) is -5.33. The van der Waals surface area contributed by atoms with Gasteiger partial charge in [-0.05, 0) is 25.7 Å². The van der Waals surface area contributed by atoms with Gasteiger partial charge in [-0.25, -0.2) is 4.57 Å². The van der Waals surface area contributed by atoms with Crippen LogP contribution in [0.4, 0.5) is 0 Å². The van der Waals surface area contributed by atoms with E-state index in [2.05, 4.69) is 6.92 Å². The van der Waals surface area contributed by atoms with Crippen molar-refractivity contribution < 1.29 is 28.6 Å². The number of hydrogen-bond acceptors (Lipinski definition) is 3. The summed E-state index contributed by atoms with van der Waals surface area (Å²) in [4.78, 5) is 21.6. The molecule has 0 radical (unpaired) electrons. The minimum Gasteiger partial charge on any atom is -0.393 e. The molecule has 4 N–H and O–H groups in total. The van der Waals surface area contributed by atoms with E-state index < -0.39 is 18.6 Å². The summed E-state index contributed by atoms with van der Waals surface area (Å²) >= 11 is 0. The Bertz CT molecular complexity index is 435. The minimum absolute atomic E-state index is 0.185. The molecule has 1 fully saturated rings. The molecule has 0 aromatic carbocycles. The predicted molar refractivity (Wildman–Crippen MR) is 121 cm³/mol. The van der Waals surface area contributed by atoms with Gasteiger partial charge in [-0.15, -0.1) is 0 Å². The van der Waals surface area contributed by atoms with Crippen molar-refractivity contribution in [1.29, 1.82) is 0 Å². The largest absolute Gasteiger partial charge is 0.466 e. The summed E-state index contributed by atoms with van der Waals surface area (Å²) < 4.78 is 21.0. The second kappa shape index (κ2) is 18.9. The van der Waals surface area contributed by atoms with E-state index in [1.807, 2.05) is 0 Å². The van der Waals surface area contributed by atoms with Crippen molar-refractivity contribution in [3.8, 4) is 0 Å². The highest BCUT2D eigenvalue weighted by Gasteiger charge is 2.26. The zero-order chi connectivity index (χ0) is 22.0. The van der Waals surface area contributed by atoms with Crippen LogP contribution in [0.15, 0.2) is 0 Å². The molecule has 0 spiro atoms. The fourth-order valence-electron chi connectivity index (χ4n) is 3.76. The third kappa shape index (κ3) is 22.7. The van der Waals surface area contributed by atoms with Crippen LogP contribution in [-0.4, -0.2) is 41.1 Å². The van der Waals surface area contributed by atoms with E-state index in [1.54, 1.807) is 0 Å². The fourth-order valence-corrected chi connectivity index (χ4v) is 5.42. The second-order valence-corrected chi connectivity index (χ2v) is 11.1. The molecule has 8 heteroatoms. The lowest BCUT2D eigenvalue weighted by atomic mass is 10.0. The van der Waals surface area contributed by atoms with Crippen molar-refractivity contribution in [3.63, 3.8) is 0 Å². The Morgan fingerprint density at radius 3 is 1.48 bits per heavy atom. The van der Waals surface area contributed by atoms with Crippen molar-refractivity contribution in [2.24, 2.45) is 0 Å². The van der Waals surface area contributed by atoms with Crippen molar-refractivity contribution in [3.05, 3.63) is 0 Å². The van der Waals surface area contributed by atoms with Crippen molar-refractivity contribution in [2.45, 2.75) is 127 Å². The standard InChI is InChI=1S/C21H42O2S.H3O4P/c1-2-3-4-5-6-7-8-9-10-11-12-13-14-15-18-24(23)21-17-16-20(22)19-21;1-5(2,3)4/h20-22H,2-19H2,1H3;(H3,1,2,3,4). The Balaban J connectivity index is 0.00000139. The highest BCUT2D eigenvalue weighted by Crippen LogP contribution is 2.26. The molecular weight excluding hydrogens is 411 g/mol. The Labute approximate surface area is 180 Å². The topological polar surface area (TPSA) is 115 Å². The minimum atomic E-state index is -4.64. The van der Waals surface area contributed by atoms with E-state index in [9.17, 15) is 9.32 Å². The molecule has 1 rings (SSSR count). The van der Waals surface area contributed by atoms with Crippen LogP contribution in [0.25, 0.3) is 0 Å². The van der Waals surface area contributed by atoms with Crippen LogP contribution in [0.5, 0.6) is 0 Å². The molecule has 3 unspecified atom stereocenters. The van der Waals surface area contributed by atoms with E-state index in [4.69, 9.17) is 19.2 Å². The lowest BCUT2D eigenvalue weighted by molar-refractivity contribution is 0.183. The molecule has 0 aliphatic heterocycles. The summed E-state index contributed by atoms with van der Waals surface area (Å²) in [5, 5.41) is 9.79. The molecule has 29 heavy (non-hydrogen) atoms. The van der Waals surface area contributed by atoms with Gasteiger partial charge in [-0.1, -0.05) is 90.4 Å². The normalized spacial score (nSPS) is 20.3. The molecule has 0 heterocycles. The molecule has 1 saturated carbocycles. The van der Waals surface area contributed by atoms with Crippen molar-refractivity contribution in [1.82, 2.24) is 0 Å². The van der Waals surface area contributed by atoms with Crippen LogP contribution in [0, 0.1) is 0 Å². The fraction of sp³-hybridized carbons (Fsp3) is 1.00. The van der Waals surface area contributed by atoms with Gasteiger partial charge in [-0.3, -0.25) is 4.21 Å². The first-order valence-electron chi connectivity index (χ1n) is 11.6. The maximum absolute atomic E-state index is 12.1. The van der Waals surface area contributed by atoms with Crippen LogP contribution < -0.4 is 0 Å². The molecule has 6 nitrogen and oxygen atoms in total. The summed E-state index contributed by atoms with van der Waals surface area (Å²) in [5.74, 6) is 0.857. The Morgan fingerprint density at radius 1 is 0.759 bits per heavy atom. The van der Waals surface area contributed by atoms with Gasteiger partial charge in [0.15, 0.2) is 0 Å². The van der Waals surface area contributed by atoms with E-state index in [0.29, 0.717) is 0 Å². The molecule has 0 amide bonds. The molecule has 0 aromatic rings. The van der Waals surface area contributed by atoms with Gasteiger partial charge in [0.2, 0.25) is 0 Å². The molecular formula is C21H45O6PS. The number of unbranched alkanes of at least 4 members (excludes halogenated alkanes) is 13. The summed E-state index contributed by atoms with van der Waals surface area (Å²) in [6.07, 6.45) is 21.5. The van der Waals surface area contributed by atoms with Gasteiger partial charge in [0.1, 0.15) is 0 Å². The average Bonchev–Trinajstić information content (AvgIpc) is 3.07. The van der Waals surface area contributed by atoms with E-state index in [1.165, 1.54) is 83.5 Å². The molecule has 3 atom stereocenters. The molecule has 1 aliphatic carbocycles. The van der Waals surface area contributed by atoms with E-state index >= 15 is 0 Å². The van der Waals surface area contributed by atoms with Crippen LogP contribution >= 0.6 is 7.82 Å². The van der Waals surface area contributed by atoms with Crippen LogP contribution in [0.3, 0.4) is 0 Å². The summed E-state index contributed by atoms with van der Waals surface area (Å²) in [6, 6.07) is 0. The first kappa shape index (κ1) is 29.2. The number of aliphatic hydroxyl groups is 1. The number of hydrogen-bond donors (Lipinski definition) is 4. The maximum atomic E-state index is 12.1. The van der Waals surface area contributed by atoms with Crippen LogP contribution in [-0.2, 0) is 15.4 Å². The molecule has 0 saturated heterocycles. The second-order valence-electron chi connectivity index (χ2n) is 8.28. The Kier molecular flexibility index (Phi) is 19.1. The van der Waals surface area contributed by atoms with Gasteiger partial charge in [-0.2, -0.15) is 0 Å². The van der Waals surface area contributed by atoms with Gasteiger partial charge < -0.3 is 19.8 Å². The smallest absolute Gasteiger partial charge is 0.393 e. The molecule has 0 aromatic heterocycles. The third-order valence-electron chi connectivity index (χ3n) is 5.43. The zero-order valence-corrected chi connectivity index (χ0v) is 20.1. The third-order valence-corrected chi connectivity index (χ3v) is 7.29. The molecule has 1 aliphatic rings. The van der Waals surface area contributed by atoms with Gasteiger partial charge >= 0.3 is 7.82 Å². The van der Waals surface area contributed by atoms with Crippen molar-refractivity contribution in [2.75, 3.05) is 5.75 Å². The number of rotatable bonds is 16. The Hall–Kier alpha value is 0.220. The number of aliphatic hydroxyl groups excluding tert-OH is 1. The van der Waals surface area contributed by atoms with Gasteiger partial charge in [0, 0.05) is 21.8 Å². The lowest BCUT2D eigenvalue weighted by Crippen LogP contribution is -2.15. The van der Waals surface area contributed by atoms with E-state index in [0.717, 1.165) is 31.4 Å². The molecule has 0 bridgehead atoms. The first-order valence-corrected chi connectivity index (χ1v) is 14.5. The first-order chi connectivity index (χ1) is 13.7. The maximum Gasteiger partial charge on any atom is 0.466 e. The van der Waals surface area contributed by atoms with E-state index in [-0.39, 0.29) is 11.4 Å². The SMILES string of the molecule is CCCCCCCCCCCCCCCCS(=O)C1CCC(O)C1.O=P(O)(O)O. The quantitative estimate of drug-likeness (QED) is 0.187. The van der Waals surface area contributed by atoms with Crippen LogP contribution in [0.2, 0.25) is 0 Å². The van der Waals surface area contributed by atoms with Crippen LogP contribution in [0.1, 0.15) is 116 Å². The average molecular weight is 457 g/mol.